The minimum absolute atomic E-state index is 0.123. The fourth-order valence-corrected chi connectivity index (χ4v) is 6.77. The van der Waals surface area contributed by atoms with E-state index in [2.05, 4.69) is 27.3 Å². The Bertz CT molecular complexity index is 1080. The van der Waals surface area contributed by atoms with Crippen LogP contribution in [0.3, 0.4) is 0 Å². The molecule has 9 heteroatoms. The number of rotatable bonds is 4. The fraction of sp³-hybridized carbons (Fsp3) is 0.316. The first kappa shape index (κ1) is 18.1. The molecule has 0 aromatic carbocycles. The van der Waals surface area contributed by atoms with Crippen LogP contribution in [0.1, 0.15) is 34.6 Å². The van der Waals surface area contributed by atoms with E-state index >= 15 is 0 Å². The van der Waals surface area contributed by atoms with Gasteiger partial charge in [0.1, 0.15) is 0 Å². The van der Waals surface area contributed by atoms with Gasteiger partial charge in [-0.1, -0.05) is 0 Å². The first-order valence-corrected chi connectivity index (χ1v) is 13.3. The number of anilines is 2. The molecule has 2 radical (unpaired) electrons. The number of thiophene rings is 1. The van der Waals surface area contributed by atoms with Crippen molar-refractivity contribution in [3.05, 3.63) is 44.9 Å². The van der Waals surface area contributed by atoms with E-state index < -0.39 is 21.4 Å². The summed E-state index contributed by atoms with van der Waals surface area (Å²) in [5.74, 6) is 0.845. The molecule has 2 aliphatic heterocycles. The molecule has 1 amide bonds. The predicted octanol–water partition coefficient (Wildman–Crippen LogP) is 2.64. The van der Waals surface area contributed by atoms with Gasteiger partial charge in [-0.25, -0.2) is 0 Å². The van der Waals surface area contributed by atoms with Crippen molar-refractivity contribution >= 4 is 60.7 Å². The normalized spacial score (nSPS) is 16.8. The van der Waals surface area contributed by atoms with Crippen LogP contribution in [0.2, 0.25) is 0 Å². The van der Waals surface area contributed by atoms with Gasteiger partial charge in [-0.3, -0.25) is 0 Å². The van der Waals surface area contributed by atoms with Crippen LogP contribution in [0, 0.1) is 6.92 Å². The molecule has 0 saturated carbocycles. The van der Waals surface area contributed by atoms with E-state index in [4.69, 9.17) is 0 Å². The van der Waals surface area contributed by atoms with Crippen molar-refractivity contribution in [3.63, 3.8) is 0 Å². The molecule has 0 unspecified atom stereocenters. The van der Waals surface area contributed by atoms with Gasteiger partial charge in [0.05, 0.1) is 0 Å². The first-order chi connectivity index (χ1) is 13.7. The molecule has 142 valence electrons. The van der Waals surface area contributed by atoms with Gasteiger partial charge in [0.25, 0.3) is 0 Å². The van der Waals surface area contributed by atoms with E-state index in [0.717, 1.165) is 65.9 Å². The molecule has 3 aromatic rings. The van der Waals surface area contributed by atoms with Crippen molar-refractivity contribution in [1.29, 1.82) is 0 Å². The van der Waals surface area contributed by atoms with Gasteiger partial charge in [-0.15, -0.1) is 0 Å². The summed E-state index contributed by atoms with van der Waals surface area (Å²) in [7, 11) is 0. The Hall–Kier alpha value is -1.91. The molecule has 7 nitrogen and oxygen atoms in total. The molecular formula is C19H20N6OSSn. The predicted molar refractivity (Wildman–Crippen MR) is 112 cm³/mol. The van der Waals surface area contributed by atoms with Gasteiger partial charge in [-0.2, -0.15) is 0 Å². The zero-order valence-electron chi connectivity index (χ0n) is 15.5. The summed E-state index contributed by atoms with van der Waals surface area (Å²) < 4.78 is 7.99. The van der Waals surface area contributed by atoms with Crippen LogP contribution in [0.4, 0.5) is 10.8 Å². The molecule has 5 heterocycles. The van der Waals surface area contributed by atoms with E-state index in [-0.39, 0.29) is 5.91 Å². The SMILES string of the molecule is Cc1cn2c(C3=[CH][Sn][NH]C3)cnc2c(Nc2cc(C(=O)N3CCCC3)cs2)n1. The van der Waals surface area contributed by atoms with Gasteiger partial charge in [0.15, 0.2) is 0 Å². The monoisotopic (exact) mass is 500 g/mol. The number of carbonyl (C=O) groups is 1. The van der Waals surface area contributed by atoms with Gasteiger partial charge >= 0.3 is 152 Å². The number of imidazole rings is 1. The van der Waals surface area contributed by atoms with Gasteiger partial charge < -0.3 is 0 Å². The van der Waals surface area contributed by atoms with Crippen LogP contribution >= 0.6 is 11.3 Å². The maximum atomic E-state index is 12.6. The third-order valence-corrected chi connectivity index (χ3v) is 8.39. The molecule has 2 aliphatic rings. The standard InChI is InChI=1S/C19H20N6OS.Sn/c1-12(8-20)15-9-21-18-17(22-13(2)10-25(15)18)23-16-7-14(11-27-16)19(26)24-5-3-4-6-24;/h1,7,9-11,20H,3-6,8H2,2H3,(H,22,23);/q-1;+1. The van der Waals surface area contributed by atoms with Gasteiger partial charge in [-0.05, 0) is 12.8 Å². The van der Waals surface area contributed by atoms with E-state index in [9.17, 15) is 4.79 Å². The summed E-state index contributed by atoms with van der Waals surface area (Å²) in [6.07, 6.45) is 6.16. The zero-order chi connectivity index (χ0) is 19.1. The molecule has 1 saturated heterocycles. The molecule has 2 N–H and O–H groups in total. The van der Waals surface area contributed by atoms with E-state index in [1.54, 1.807) is 0 Å². The molecule has 5 rings (SSSR count). The Morgan fingerprint density at radius 3 is 3.00 bits per heavy atom. The van der Waals surface area contributed by atoms with Crippen LogP contribution in [0.5, 0.6) is 0 Å². The maximum absolute atomic E-state index is 12.6. The number of hydrogen-bond donors (Lipinski definition) is 2. The third kappa shape index (κ3) is 3.33. The van der Waals surface area contributed by atoms with Crippen LogP contribution in [0.25, 0.3) is 11.2 Å². The Morgan fingerprint density at radius 2 is 2.21 bits per heavy atom. The Kier molecular flexibility index (Phi) is 4.85. The topological polar surface area (TPSA) is 74.6 Å². The molecule has 0 atom stereocenters. The van der Waals surface area contributed by atoms with Crippen molar-refractivity contribution in [3.8, 4) is 0 Å². The second-order valence-electron chi connectivity index (χ2n) is 7.06. The van der Waals surface area contributed by atoms with Crippen molar-refractivity contribution in [2.45, 2.75) is 19.8 Å². The molecule has 0 spiro atoms. The van der Waals surface area contributed by atoms with Crippen molar-refractivity contribution in [2.75, 3.05) is 25.0 Å². The summed E-state index contributed by atoms with van der Waals surface area (Å²) in [5, 5.41) is 6.22. The quantitative estimate of drug-likeness (QED) is 0.541. The second kappa shape index (κ2) is 7.49. The van der Waals surface area contributed by atoms with Crippen LogP contribution in [0.15, 0.2) is 27.9 Å². The van der Waals surface area contributed by atoms with Crippen LogP contribution in [-0.2, 0) is 0 Å². The summed E-state index contributed by atoms with van der Waals surface area (Å²) in [6.45, 7) is 4.64. The summed E-state index contributed by atoms with van der Waals surface area (Å²) in [6, 6.07) is 1.92. The molecule has 3 aromatic heterocycles. The Balaban J connectivity index is 1.45. The van der Waals surface area contributed by atoms with E-state index in [1.807, 2.05) is 35.7 Å². The number of aryl methyl sites for hydroxylation is 1. The molecule has 1 fully saturated rings. The van der Waals surface area contributed by atoms with E-state index in [1.165, 1.54) is 16.9 Å². The van der Waals surface area contributed by atoms with Gasteiger partial charge in [0, 0.05) is 13.1 Å². The number of fused-ring (bicyclic) bond motifs is 1. The van der Waals surface area contributed by atoms with E-state index in [0.29, 0.717) is 0 Å². The number of amides is 1. The summed E-state index contributed by atoms with van der Waals surface area (Å²) in [5.41, 5.74) is 4.93. The third-order valence-electron chi connectivity index (χ3n) is 5.05. The molecular weight excluding hydrogens is 479 g/mol. The number of nitrogens with one attached hydrogen (secondary N) is 2. The van der Waals surface area contributed by atoms with Crippen LogP contribution in [-0.4, -0.2) is 66.2 Å². The van der Waals surface area contributed by atoms with Crippen molar-refractivity contribution in [1.82, 2.24) is 22.8 Å². The number of aromatic nitrogens is 3. The zero-order valence-corrected chi connectivity index (χ0v) is 19.2. The van der Waals surface area contributed by atoms with Gasteiger partial charge in [0.2, 0.25) is 0 Å². The van der Waals surface area contributed by atoms with Crippen LogP contribution < -0.4 is 8.86 Å². The number of nitrogens with zero attached hydrogens (tertiary/aromatic N) is 4. The second-order valence-corrected chi connectivity index (χ2v) is 10.6. The fourth-order valence-electron chi connectivity index (χ4n) is 3.66. The Morgan fingerprint density at radius 1 is 1.36 bits per heavy atom. The molecule has 0 aliphatic carbocycles. The molecule has 0 bridgehead atoms. The summed E-state index contributed by atoms with van der Waals surface area (Å²) >= 11 is 0.974. The van der Waals surface area contributed by atoms with Crippen molar-refractivity contribution < 1.29 is 4.79 Å². The average molecular weight is 499 g/mol. The number of hydrogen-bond acceptors (Lipinski definition) is 6. The van der Waals surface area contributed by atoms with Crippen molar-refractivity contribution in [2.24, 2.45) is 0 Å². The molecule has 28 heavy (non-hydrogen) atoms. The first-order valence-electron chi connectivity index (χ1n) is 9.36. The number of carbonyl (C=O) groups excluding carboxylic acids is 1. The number of likely N-dealkylation sites (tertiary alicyclic amines) is 1. The Labute approximate surface area is 177 Å². The minimum atomic E-state index is -0.554. The average Bonchev–Trinajstić information content (AvgIpc) is 3.46. The summed E-state index contributed by atoms with van der Waals surface area (Å²) in [4.78, 5) is 23.8.